The van der Waals surface area contributed by atoms with Crippen molar-refractivity contribution in [1.29, 1.82) is 0 Å². The molecule has 0 unspecified atom stereocenters. The van der Waals surface area contributed by atoms with Gasteiger partial charge in [-0.15, -0.1) is 6.58 Å². The first-order valence-corrected chi connectivity index (χ1v) is 6.82. The number of hydrogen-bond donors (Lipinski definition) is 1. The van der Waals surface area contributed by atoms with Gasteiger partial charge in [0.2, 0.25) is 10.0 Å². The molecule has 0 fully saturated rings. The zero-order chi connectivity index (χ0) is 14.6. The second-order valence-corrected chi connectivity index (χ2v) is 5.83. The van der Waals surface area contributed by atoms with Crippen molar-refractivity contribution in [3.05, 3.63) is 42.2 Å². The van der Waals surface area contributed by atoms with Gasteiger partial charge in [-0.2, -0.15) is 4.31 Å². The van der Waals surface area contributed by atoms with Crippen LogP contribution in [-0.2, 0) is 14.8 Å². The highest BCUT2D eigenvalue weighted by Gasteiger charge is 2.26. The molecule has 1 aromatic rings. The maximum atomic E-state index is 13.4. The van der Waals surface area contributed by atoms with E-state index in [2.05, 4.69) is 6.58 Å². The monoisotopic (exact) mass is 287 g/mol. The van der Waals surface area contributed by atoms with E-state index in [1.54, 1.807) is 0 Å². The van der Waals surface area contributed by atoms with Crippen LogP contribution in [0.25, 0.3) is 0 Å². The fraction of sp³-hybridized carbons (Fsp3) is 0.250. The lowest BCUT2D eigenvalue weighted by Gasteiger charge is -2.18. The average Bonchev–Trinajstić information content (AvgIpc) is 2.31. The van der Waals surface area contributed by atoms with E-state index in [9.17, 15) is 17.6 Å². The number of carboxylic acids is 1. The number of carbonyl (C=O) groups is 1. The molecule has 0 bridgehead atoms. The molecule has 0 radical (unpaired) electrons. The van der Waals surface area contributed by atoms with Crippen LogP contribution in [0.5, 0.6) is 0 Å². The molecule has 7 heteroatoms. The van der Waals surface area contributed by atoms with E-state index in [4.69, 9.17) is 5.11 Å². The zero-order valence-electron chi connectivity index (χ0n) is 10.3. The highest BCUT2D eigenvalue weighted by atomic mass is 32.2. The van der Waals surface area contributed by atoms with Crippen LogP contribution in [0.3, 0.4) is 0 Å². The van der Waals surface area contributed by atoms with E-state index in [0.29, 0.717) is 9.87 Å². The second-order valence-electron chi connectivity index (χ2n) is 3.89. The quantitative estimate of drug-likeness (QED) is 0.802. The van der Waals surface area contributed by atoms with Crippen molar-refractivity contribution >= 4 is 16.0 Å². The lowest BCUT2D eigenvalue weighted by Crippen LogP contribution is -2.35. The molecular weight excluding hydrogens is 273 g/mol. The minimum Gasteiger partial charge on any atom is -0.480 e. The van der Waals surface area contributed by atoms with Gasteiger partial charge in [0.05, 0.1) is 4.90 Å². The number of aryl methyl sites for hydroxylation is 1. The Kier molecular flexibility index (Phi) is 4.79. The van der Waals surface area contributed by atoms with Crippen LogP contribution in [0.4, 0.5) is 4.39 Å². The smallest absolute Gasteiger partial charge is 0.318 e. The van der Waals surface area contributed by atoms with Gasteiger partial charge in [-0.1, -0.05) is 12.1 Å². The molecule has 0 aromatic heterocycles. The van der Waals surface area contributed by atoms with Gasteiger partial charge in [-0.05, 0) is 24.6 Å². The Morgan fingerprint density at radius 3 is 2.63 bits per heavy atom. The zero-order valence-corrected chi connectivity index (χ0v) is 11.2. The summed E-state index contributed by atoms with van der Waals surface area (Å²) < 4.78 is 38.5. The summed E-state index contributed by atoms with van der Waals surface area (Å²) >= 11 is 0. The van der Waals surface area contributed by atoms with E-state index in [0.717, 1.165) is 6.07 Å². The Bertz CT molecular complexity index is 598. The summed E-state index contributed by atoms with van der Waals surface area (Å²) in [6, 6.07) is 3.45. The lowest BCUT2D eigenvalue weighted by molar-refractivity contribution is -0.137. The highest BCUT2D eigenvalue weighted by molar-refractivity contribution is 7.89. The predicted octanol–water partition coefficient (Wildman–Crippen LogP) is 1.40. The highest BCUT2D eigenvalue weighted by Crippen LogP contribution is 2.18. The Labute approximate surface area is 111 Å². The SMILES string of the molecule is C=CCN(CC(=O)O)S(=O)(=O)c1ccc(C)c(F)c1. The Hall–Kier alpha value is -1.73. The Balaban J connectivity index is 3.21. The topological polar surface area (TPSA) is 74.7 Å². The van der Waals surface area contributed by atoms with Crippen LogP contribution in [0, 0.1) is 12.7 Å². The first kappa shape index (κ1) is 15.3. The van der Waals surface area contributed by atoms with Crippen LogP contribution in [0.15, 0.2) is 35.7 Å². The standard InChI is InChI=1S/C12H14FNO4S/c1-3-6-14(8-12(15)16)19(17,18)10-5-4-9(2)11(13)7-10/h3-5,7H,1,6,8H2,2H3,(H,15,16). The first-order chi connectivity index (χ1) is 8.78. The summed E-state index contributed by atoms with van der Waals surface area (Å²) in [5.41, 5.74) is 0.312. The van der Waals surface area contributed by atoms with Gasteiger partial charge in [-0.3, -0.25) is 4.79 Å². The van der Waals surface area contributed by atoms with Crippen molar-refractivity contribution in [1.82, 2.24) is 4.31 Å². The van der Waals surface area contributed by atoms with Crippen LogP contribution >= 0.6 is 0 Å². The molecule has 1 aromatic carbocycles. The molecule has 0 heterocycles. The summed E-state index contributed by atoms with van der Waals surface area (Å²) in [4.78, 5) is 10.4. The predicted molar refractivity (Wildman–Crippen MR) is 67.7 cm³/mol. The number of carboxylic acid groups (broad SMARTS) is 1. The van der Waals surface area contributed by atoms with E-state index in [1.807, 2.05) is 0 Å². The van der Waals surface area contributed by atoms with Gasteiger partial charge in [0.15, 0.2) is 0 Å². The number of sulfonamides is 1. The lowest BCUT2D eigenvalue weighted by atomic mass is 10.2. The van der Waals surface area contributed by atoms with Gasteiger partial charge in [0, 0.05) is 6.54 Å². The molecule has 0 spiro atoms. The van der Waals surface area contributed by atoms with Gasteiger partial charge in [0.1, 0.15) is 12.4 Å². The largest absolute Gasteiger partial charge is 0.480 e. The van der Waals surface area contributed by atoms with Crippen molar-refractivity contribution in [3.8, 4) is 0 Å². The van der Waals surface area contributed by atoms with Crippen molar-refractivity contribution in [2.24, 2.45) is 0 Å². The van der Waals surface area contributed by atoms with Gasteiger partial charge in [-0.25, -0.2) is 12.8 Å². The van der Waals surface area contributed by atoms with Crippen LogP contribution in [0.2, 0.25) is 0 Å². The summed E-state index contributed by atoms with van der Waals surface area (Å²) in [5.74, 6) is -1.95. The third kappa shape index (κ3) is 3.62. The maximum Gasteiger partial charge on any atom is 0.318 e. The van der Waals surface area contributed by atoms with Crippen LogP contribution in [-0.4, -0.2) is 36.9 Å². The molecule has 0 saturated heterocycles. The van der Waals surface area contributed by atoms with Crippen molar-refractivity contribution in [2.75, 3.05) is 13.1 Å². The Morgan fingerprint density at radius 2 is 2.16 bits per heavy atom. The van der Waals surface area contributed by atoms with E-state index < -0.39 is 28.4 Å². The molecule has 0 saturated carbocycles. The summed E-state index contributed by atoms with van der Waals surface area (Å²) in [6.45, 7) is 4.01. The normalized spacial score (nSPS) is 11.5. The van der Waals surface area contributed by atoms with E-state index in [1.165, 1.54) is 25.1 Å². The number of halogens is 1. The number of benzene rings is 1. The number of rotatable bonds is 6. The number of nitrogens with zero attached hydrogens (tertiary/aromatic N) is 1. The molecule has 19 heavy (non-hydrogen) atoms. The molecule has 104 valence electrons. The minimum absolute atomic E-state index is 0.163. The Morgan fingerprint density at radius 1 is 1.53 bits per heavy atom. The molecule has 0 aliphatic carbocycles. The van der Waals surface area contributed by atoms with Crippen molar-refractivity contribution in [3.63, 3.8) is 0 Å². The molecule has 1 N–H and O–H groups in total. The number of aliphatic carboxylic acids is 1. The van der Waals surface area contributed by atoms with Crippen LogP contribution < -0.4 is 0 Å². The maximum absolute atomic E-state index is 13.4. The summed E-state index contributed by atoms with van der Waals surface area (Å²) in [7, 11) is -4.06. The molecule has 0 aliphatic heterocycles. The number of hydrogen-bond acceptors (Lipinski definition) is 3. The molecule has 0 atom stereocenters. The molecule has 5 nitrogen and oxygen atoms in total. The fourth-order valence-electron chi connectivity index (χ4n) is 1.43. The molecular formula is C12H14FNO4S. The minimum atomic E-state index is -4.06. The van der Waals surface area contributed by atoms with Gasteiger partial charge in [0.25, 0.3) is 0 Å². The summed E-state index contributed by atoms with van der Waals surface area (Å²) in [6.07, 6.45) is 1.27. The first-order valence-electron chi connectivity index (χ1n) is 5.38. The van der Waals surface area contributed by atoms with E-state index in [-0.39, 0.29) is 11.4 Å². The third-order valence-corrected chi connectivity index (χ3v) is 4.23. The van der Waals surface area contributed by atoms with Crippen molar-refractivity contribution in [2.45, 2.75) is 11.8 Å². The third-order valence-electron chi connectivity index (χ3n) is 2.43. The summed E-state index contributed by atoms with van der Waals surface area (Å²) in [5, 5.41) is 8.70. The molecule has 1 rings (SSSR count). The average molecular weight is 287 g/mol. The van der Waals surface area contributed by atoms with Crippen LogP contribution in [0.1, 0.15) is 5.56 Å². The second kappa shape index (κ2) is 5.94. The fourth-order valence-corrected chi connectivity index (χ4v) is 2.80. The molecule has 0 aliphatic rings. The van der Waals surface area contributed by atoms with Gasteiger partial charge < -0.3 is 5.11 Å². The van der Waals surface area contributed by atoms with Crippen molar-refractivity contribution < 1.29 is 22.7 Å². The molecule has 0 amide bonds. The van der Waals surface area contributed by atoms with E-state index >= 15 is 0 Å². The van der Waals surface area contributed by atoms with Gasteiger partial charge >= 0.3 is 5.97 Å².